The number of hydrogen-bond donors (Lipinski definition) is 0. The fourth-order valence-corrected chi connectivity index (χ4v) is 1.37. The van der Waals surface area contributed by atoms with E-state index in [4.69, 9.17) is 4.74 Å². The Bertz CT molecular complexity index is 132. The van der Waals surface area contributed by atoms with Gasteiger partial charge in [0, 0.05) is 13.0 Å². The van der Waals surface area contributed by atoms with Crippen molar-refractivity contribution in [2.24, 2.45) is 5.92 Å². The molecule has 1 atom stereocenters. The van der Waals surface area contributed by atoms with E-state index in [9.17, 15) is 4.79 Å². The van der Waals surface area contributed by atoms with Crippen molar-refractivity contribution in [2.45, 2.75) is 46.5 Å². The van der Waals surface area contributed by atoms with Gasteiger partial charge in [-0.25, -0.2) is 0 Å². The Hall–Kier alpha value is -0.370. The number of ether oxygens (including phenoxy) is 1. The molecule has 2 nitrogen and oxygen atoms in total. The Morgan fingerprint density at radius 2 is 2.00 bits per heavy atom. The van der Waals surface area contributed by atoms with Crippen LogP contribution in [-0.2, 0) is 9.53 Å². The van der Waals surface area contributed by atoms with Crippen LogP contribution in [0.2, 0.25) is 0 Å². The number of carbonyl (C=O) groups excluding carboxylic acids is 1. The third-order valence-corrected chi connectivity index (χ3v) is 1.97. The normalized spacial score (nSPS) is 12.8. The van der Waals surface area contributed by atoms with Crippen LogP contribution in [0.1, 0.15) is 46.5 Å². The minimum Gasteiger partial charge on any atom is -0.374 e. The molecule has 0 rings (SSSR count). The summed E-state index contributed by atoms with van der Waals surface area (Å²) in [7, 11) is 0. The molecule has 0 radical (unpaired) electrons. The summed E-state index contributed by atoms with van der Waals surface area (Å²) in [5.74, 6) is 0.761. The van der Waals surface area contributed by atoms with Gasteiger partial charge in [0.2, 0.25) is 0 Å². The topological polar surface area (TPSA) is 26.3 Å². The maximum Gasteiger partial charge on any atom is 0.158 e. The van der Waals surface area contributed by atoms with E-state index >= 15 is 0 Å². The molecule has 1 unspecified atom stereocenters. The second-order valence-corrected chi connectivity index (χ2v) is 3.69. The third kappa shape index (κ3) is 7.97. The Balaban J connectivity index is 3.38. The molecule has 0 heterocycles. The van der Waals surface area contributed by atoms with Crippen LogP contribution in [0.4, 0.5) is 0 Å². The van der Waals surface area contributed by atoms with Crippen LogP contribution in [-0.4, -0.2) is 19.0 Å². The van der Waals surface area contributed by atoms with Gasteiger partial charge in [-0.05, 0) is 12.3 Å². The summed E-state index contributed by atoms with van der Waals surface area (Å²) < 4.78 is 5.17. The van der Waals surface area contributed by atoms with E-state index < -0.39 is 0 Å². The third-order valence-electron chi connectivity index (χ3n) is 1.97. The molecule has 0 aliphatic carbocycles. The molecule has 13 heavy (non-hydrogen) atoms. The van der Waals surface area contributed by atoms with Gasteiger partial charge in [-0.2, -0.15) is 0 Å². The van der Waals surface area contributed by atoms with Crippen LogP contribution in [0, 0.1) is 5.92 Å². The lowest BCUT2D eigenvalue weighted by Gasteiger charge is -2.08. The minimum absolute atomic E-state index is 0.245. The second kappa shape index (κ2) is 8.24. The molecule has 0 bridgehead atoms. The molecule has 0 saturated carbocycles. The van der Waals surface area contributed by atoms with Gasteiger partial charge in [-0.1, -0.05) is 33.6 Å². The Morgan fingerprint density at radius 1 is 1.31 bits per heavy atom. The van der Waals surface area contributed by atoms with Crippen molar-refractivity contribution in [3.63, 3.8) is 0 Å². The van der Waals surface area contributed by atoms with Gasteiger partial charge in [0.25, 0.3) is 0 Å². The SMILES string of the molecule is CCCOCC(=O)CC(C)CCC. The maximum absolute atomic E-state index is 11.3. The lowest BCUT2D eigenvalue weighted by Crippen LogP contribution is -2.12. The Kier molecular flexibility index (Phi) is 8.00. The average Bonchev–Trinajstić information content (AvgIpc) is 2.05. The highest BCUT2D eigenvalue weighted by Gasteiger charge is 2.07. The first-order valence-corrected chi connectivity index (χ1v) is 5.30. The highest BCUT2D eigenvalue weighted by molar-refractivity contribution is 5.79. The number of ketones is 1. The highest BCUT2D eigenvalue weighted by atomic mass is 16.5. The van der Waals surface area contributed by atoms with Crippen LogP contribution in [0.3, 0.4) is 0 Å². The van der Waals surface area contributed by atoms with E-state index in [0.29, 0.717) is 25.6 Å². The van der Waals surface area contributed by atoms with Crippen molar-refractivity contribution in [3.05, 3.63) is 0 Å². The molecule has 0 saturated heterocycles. The fraction of sp³-hybridized carbons (Fsp3) is 0.909. The molecule has 0 aromatic rings. The monoisotopic (exact) mass is 186 g/mol. The van der Waals surface area contributed by atoms with Gasteiger partial charge in [0.1, 0.15) is 6.61 Å². The molecule has 0 N–H and O–H groups in total. The number of carbonyl (C=O) groups is 1. The molecular formula is C11H22O2. The van der Waals surface area contributed by atoms with Crippen LogP contribution >= 0.6 is 0 Å². The van der Waals surface area contributed by atoms with Crippen LogP contribution < -0.4 is 0 Å². The van der Waals surface area contributed by atoms with Gasteiger partial charge in [-0.15, -0.1) is 0 Å². The molecule has 0 fully saturated rings. The van der Waals surface area contributed by atoms with Gasteiger partial charge < -0.3 is 4.74 Å². The minimum atomic E-state index is 0.245. The van der Waals surface area contributed by atoms with Crippen molar-refractivity contribution in [1.82, 2.24) is 0 Å². The van der Waals surface area contributed by atoms with Gasteiger partial charge in [-0.3, -0.25) is 4.79 Å². The molecule has 0 aliphatic heterocycles. The smallest absolute Gasteiger partial charge is 0.158 e. The van der Waals surface area contributed by atoms with Crippen LogP contribution in [0.25, 0.3) is 0 Å². The lowest BCUT2D eigenvalue weighted by molar-refractivity contribution is -0.124. The summed E-state index contributed by atoms with van der Waals surface area (Å²) in [6.45, 7) is 7.33. The summed E-state index contributed by atoms with van der Waals surface area (Å²) in [5.41, 5.74) is 0. The molecule has 78 valence electrons. The molecular weight excluding hydrogens is 164 g/mol. The molecule has 0 aromatic carbocycles. The first-order chi connectivity index (χ1) is 6.20. The van der Waals surface area contributed by atoms with Crippen molar-refractivity contribution in [2.75, 3.05) is 13.2 Å². The molecule has 2 heteroatoms. The van der Waals surface area contributed by atoms with E-state index in [1.165, 1.54) is 0 Å². The van der Waals surface area contributed by atoms with Crippen molar-refractivity contribution in [1.29, 1.82) is 0 Å². The maximum atomic E-state index is 11.3. The second-order valence-electron chi connectivity index (χ2n) is 3.69. The molecule has 0 spiro atoms. The van der Waals surface area contributed by atoms with Crippen LogP contribution in [0.15, 0.2) is 0 Å². The Morgan fingerprint density at radius 3 is 2.54 bits per heavy atom. The summed E-state index contributed by atoms with van der Waals surface area (Å²) in [5, 5.41) is 0. The van der Waals surface area contributed by atoms with Crippen molar-refractivity contribution in [3.8, 4) is 0 Å². The lowest BCUT2D eigenvalue weighted by atomic mass is 10.00. The highest BCUT2D eigenvalue weighted by Crippen LogP contribution is 2.09. The summed E-state index contributed by atoms with van der Waals surface area (Å²) >= 11 is 0. The number of Topliss-reactive ketones (excluding diaryl/α,β-unsaturated/α-hetero) is 1. The average molecular weight is 186 g/mol. The molecule has 0 aromatic heterocycles. The largest absolute Gasteiger partial charge is 0.374 e. The zero-order valence-corrected chi connectivity index (χ0v) is 9.14. The summed E-state index contributed by atoms with van der Waals surface area (Å²) in [6, 6.07) is 0. The van der Waals surface area contributed by atoms with E-state index in [1.54, 1.807) is 0 Å². The first kappa shape index (κ1) is 12.6. The van der Waals surface area contributed by atoms with Gasteiger partial charge in [0.05, 0.1) is 0 Å². The van der Waals surface area contributed by atoms with E-state index in [2.05, 4.69) is 13.8 Å². The predicted octanol–water partition coefficient (Wildman–Crippen LogP) is 2.81. The van der Waals surface area contributed by atoms with E-state index in [0.717, 1.165) is 19.3 Å². The zero-order valence-electron chi connectivity index (χ0n) is 9.14. The summed E-state index contributed by atoms with van der Waals surface area (Å²) in [6.07, 6.45) is 3.96. The van der Waals surface area contributed by atoms with E-state index in [-0.39, 0.29) is 5.78 Å². The predicted molar refractivity (Wildman–Crippen MR) is 54.8 cm³/mol. The number of hydrogen-bond acceptors (Lipinski definition) is 2. The molecule has 0 amide bonds. The Labute approximate surface area is 81.7 Å². The number of rotatable bonds is 8. The van der Waals surface area contributed by atoms with E-state index in [1.807, 2.05) is 6.92 Å². The van der Waals surface area contributed by atoms with Crippen LogP contribution in [0.5, 0.6) is 0 Å². The fourth-order valence-electron chi connectivity index (χ4n) is 1.37. The zero-order chi connectivity index (χ0) is 10.1. The van der Waals surface area contributed by atoms with Gasteiger partial charge in [0.15, 0.2) is 5.78 Å². The molecule has 0 aliphatic rings. The standard InChI is InChI=1S/C11H22O2/c1-4-6-10(3)8-11(12)9-13-7-5-2/h10H,4-9H2,1-3H3. The van der Waals surface area contributed by atoms with Crippen molar-refractivity contribution < 1.29 is 9.53 Å². The first-order valence-electron chi connectivity index (χ1n) is 5.30. The quantitative estimate of drug-likeness (QED) is 0.545. The summed E-state index contributed by atoms with van der Waals surface area (Å²) in [4.78, 5) is 11.3. The van der Waals surface area contributed by atoms with Crippen molar-refractivity contribution >= 4 is 5.78 Å². The van der Waals surface area contributed by atoms with Gasteiger partial charge >= 0.3 is 0 Å².